The molecule has 370 valence electrons. The van der Waals surface area contributed by atoms with Crippen molar-refractivity contribution in [3.63, 3.8) is 0 Å². The summed E-state index contributed by atoms with van der Waals surface area (Å²) in [6, 6.07) is 5.26. The molecule has 3 aromatic rings. The molecule has 2 aromatic carbocycles. The van der Waals surface area contributed by atoms with Gasteiger partial charge in [0, 0.05) is 74.2 Å². The van der Waals surface area contributed by atoms with Gasteiger partial charge in [0.25, 0.3) is 11.7 Å². The molecule has 1 spiro atoms. The van der Waals surface area contributed by atoms with Gasteiger partial charge in [-0.1, -0.05) is 65.8 Å². The van der Waals surface area contributed by atoms with E-state index in [4.69, 9.17) is 35.8 Å². The van der Waals surface area contributed by atoms with Gasteiger partial charge in [0.2, 0.25) is 0 Å². The molecule has 17 heteroatoms. The zero-order chi connectivity index (χ0) is 50.1. The summed E-state index contributed by atoms with van der Waals surface area (Å²) in [5.41, 5.74) is 6.52. The van der Waals surface area contributed by atoms with Crippen LogP contribution in [0.3, 0.4) is 0 Å². The molecular formula is C52H68N8O9. The van der Waals surface area contributed by atoms with Crippen LogP contribution in [0.1, 0.15) is 103 Å². The molecule has 2 unspecified atom stereocenters. The fraction of sp³-hybridized carbons (Fsp3) is 0.500. The number of esters is 1. The number of allylic oxidation sites excluding steroid dienone is 4. The van der Waals surface area contributed by atoms with E-state index in [1.165, 1.54) is 19.4 Å². The van der Waals surface area contributed by atoms with E-state index in [1.54, 1.807) is 56.5 Å². The topological polar surface area (TPSA) is 248 Å². The highest BCUT2D eigenvalue weighted by Crippen LogP contribution is 2.50. The van der Waals surface area contributed by atoms with Crippen molar-refractivity contribution in [3.8, 4) is 17.2 Å². The van der Waals surface area contributed by atoms with Crippen molar-refractivity contribution in [1.29, 1.82) is 0 Å². The summed E-state index contributed by atoms with van der Waals surface area (Å²) >= 11 is 0. The first kappa shape index (κ1) is 50.6. The average Bonchev–Trinajstić information content (AvgIpc) is 3.80. The summed E-state index contributed by atoms with van der Waals surface area (Å²) in [6.07, 6.45) is 11.7. The van der Waals surface area contributed by atoms with Crippen LogP contribution in [0.5, 0.6) is 17.2 Å². The Morgan fingerprint density at radius 1 is 1.06 bits per heavy atom. The van der Waals surface area contributed by atoms with Gasteiger partial charge >= 0.3 is 11.8 Å². The van der Waals surface area contributed by atoms with E-state index in [1.807, 2.05) is 33.8 Å². The van der Waals surface area contributed by atoms with Crippen LogP contribution in [0.2, 0.25) is 0 Å². The Morgan fingerprint density at radius 2 is 1.77 bits per heavy atom. The molecule has 0 saturated carbocycles. The standard InChI is InChI=1S/C52H68N8O9/c1-28(2)25-59-21-18-52(19-22-59)57-41-38-39-45(63)34(8)48-40(38)49(65)51(9,69-48)67-23-13-16-30(4)47(68-37(61)27-60(54)26-35(53)36-17-10-11-20-55-36)33(7)44(62)32(6)24-29(3)14-12-15-31(5)50(66)56-43(46(39)64)42(41)58-52/h10-15,17,20,23,26,28-30,32-33,44,47,62-64H,16,18-19,21-22,24-25,27,53-54H2,1-9H3,(H,56,66)/b14-12+,23-13+,31-15-,35-26-/t29-,30+,32+,33+,44?,47+,51?/m0/s1. The van der Waals surface area contributed by atoms with Crippen LogP contribution in [-0.2, 0) is 19.1 Å². The third kappa shape index (κ3) is 10.5. The molecule has 8 rings (SSSR count). The van der Waals surface area contributed by atoms with Crippen LogP contribution in [0.4, 0.5) is 5.69 Å². The first-order chi connectivity index (χ1) is 32.6. The number of Topliss-reactive ketones (excluding diaryl/α,β-unsaturated/α-hetero) is 1. The summed E-state index contributed by atoms with van der Waals surface area (Å²) in [5.74, 6) is 1.04. The molecule has 1 saturated heterocycles. The third-order valence-corrected chi connectivity index (χ3v) is 13.8. The van der Waals surface area contributed by atoms with Crippen LogP contribution < -0.4 is 32.3 Å². The number of hydrazine groups is 1. The maximum absolute atomic E-state index is 14.8. The van der Waals surface area contributed by atoms with E-state index in [0.717, 1.165) is 11.6 Å². The fourth-order valence-corrected chi connectivity index (χ4v) is 9.96. The number of pyridine rings is 1. The lowest BCUT2D eigenvalue weighted by molar-refractivity contribution is -0.159. The first-order valence-electron chi connectivity index (χ1n) is 23.9. The highest BCUT2D eigenvalue weighted by molar-refractivity contribution is 6.19. The number of anilines is 1. The van der Waals surface area contributed by atoms with Gasteiger partial charge in [0.1, 0.15) is 35.2 Å². The molecule has 5 aliphatic heterocycles. The monoisotopic (exact) mass is 949 g/mol. The molecule has 8 N–H and O–H groups in total. The SMILES string of the molecule is C/C1=C/C=C/[C@H](C)C[C@@H](C)C(O)[C@@H](C)[C@H](OC(=O)CN(N)/C=C(\N)c2ccccn2)[C@H](C)C/C=C/OC2(C)Oc3c(C)c(O)c4c(O)c(c5c(c4c3C2=O)=NC2(CCN(CC(C)C)CC2)N=5)NC1=O. The van der Waals surface area contributed by atoms with Crippen LogP contribution in [0.15, 0.2) is 76.7 Å². The zero-order valence-electron chi connectivity index (χ0n) is 41.2. The van der Waals surface area contributed by atoms with Crippen molar-refractivity contribution >= 4 is 39.8 Å². The lowest BCUT2D eigenvalue weighted by Crippen LogP contribution is -2.43. The Morgan fingerprint density at radius 3 is 2.45 bits per heavy atom. The summed E-state index contributed by atoms with van der Waals surface area (Å²) < 4.78 is 18.6. The molecule has 1 fully saturated rings. The third-order valence-electron chi connectivity index (χ3n) is 13.8. The molecule has 69 heavy (non-hydrogen) atoms. The molecule has 7 atom stereocenters. The van der Waals surface area contributed by atoms with E-state index >= 15 is 0 Å². The summed E-state index contributed by atoms with van der Waals surface area (Å²) in [6.45, 7) is 18.7. The second kappa shape index (κ2) is 20.3. The Hall–Kier alpha value is -6.30. The normalized spacial score (nSPS) is 28.2. The maximum Gasteiger partial charge on any atom is 0.327 e. The number of aliphatic hydroxyl groups excluding tert-OH is 1. The number of hydrogen-bond donors (Lipinski definition) is 6. The van der Waals surface area contributed by atoms with Crippen molar-refractivity contribution in [2.24, 2.45) is 51.2 Å². The average molecular weight is 949 g/mol. The fourth-order valence-electron chi connectivity index (χ4n) is 9.96. The van der Waals surface area contributed by atoms with Crippen molar-refractivity contribution in [2.45, 2.75) is 112 Å². The van der Waals surface area contributed by atoms with Gasteiger partial charge in [0.05, 0.1) is 40.1 Å². The number of nitrogens with one attached hydrogen (secondary N) is 1. The smallest absolute Gasteiger partial charge is 0.327 e. The highest BCUT2D eigenvalue weighted by Gasteiger charge is 2.50. The van der Waals surface area contributed by atoms with Gasteiger partial charge in [-0.15, -0.1) is 0 Å². The number of benzene rings is 2. The van der Waals surface area contributed by atoms with Gasteiger partial charge in [-0.3, -0.25) is 29.4 Å². The molecule has 0 radical (unpaired) electrons. The summed E-state index contributed by atoms with van der Waals surface area (Å²) in [5, 5.41) is 40.4. The van der Waals surface area contributed by atoms with Crippen LogP contribution in [-0.4, -0.2) is 97.7 Å². The predicted molar refractivity (Wildman–Crippen MR) is 262 cm³/mol. The Bertz CT molecular complexity index is 2730. The Labute approximate surface area is 403 Å². The van der Waals surface area contributed by atoms with Gasteiger partial charge in [-0.05, 0) is 68.6 Å². The number of carbonyl (C=O) groups is 3. The highest BCUT2D eigenvalue weighted by atomic mass is 16.7. The molecule has 1 amide bonds. The number of ketones is 1. The molecular weight excluding hydrogens is 881 g/mol. The van der Waals surface area contributed by atoms with E-state index in [9.17, 15) is 29.7 Å². The minimum absolute atomic E-state index is 0.0206. The number of rotatable bonds is 7. The first-order valence-corrected chi connectivity index (χ1v) is 23.9. The van der Waals surface area contributed by atoms with E-state index in [-0.39, 0.29) is 79.8 Å². The van der Waals surface area contributed by atoms with Crippen LogP contribution in [0, 0.1) is 36.5 Å². The molecule has 6 heterocycles. The number of phenols is 2. The van der Waals surface area contributed by atoms with Gasteiger partial charge < -0.3 is 50.5 Å². The summed E-state index contributed by atoms with van der Waals surface area (Å²) in [4.78, 5) is 59.3. The number of ether oxygens (including phenoxy) is 3. The second-order valence-electron chi connectivity index (χ2n) is 20.0. The maximum atomic E-state index is 14.8. The van der Waals surface area contributed by atoms with Gasteiger partial charge in [-0.2, -0.15) is 0 Å². The Balaban J connectivity index is 1.26. The van der Waals surface area contributed by atoms with Crippen molar-refractivity contribution in [2.75, 3.05) is 31.5 Å². The number of likely N-dealkylation sites (tertiary alicyclic amines) is 1. The van der Waals surface area contributed by atoms with Gasteiger partial charge in [-0.25, -0.2) is 5.84 Å². The Kier molecular flexibility index (Phi) is 14.9. The number of hydrogen-bond acceptors (Lipinski definition) is 16. The number of carbonyl (C=O) groups excluding carboxylic acids is 3. The molecule has 17 nitrogen and oxygen atoms in total. The van der Waals surface area contributed by atoms with E-state index in [0.29, 0.717) is 56.0 Å². The van der Waals surface area contributed by atoms with E-state index < -0.39 is 53.0 Å². The zero-order valence-corrected chi connectivity index (χ0v) is 41.2. The molecule has 5 bridgehead atoms. The number of amides is 1. The predicted octanol–water partition coefficient (Wildman–Crippen LogP) is 5.66. The van der Waals surface area contributed by atoms with Gasteiger partial charge in [0.15, 0.2) is 11.4 Å². The second-order valence-corrected chi connectivity index (χ2v) is 20.0. The van der Waals surface area contributed by atoms with Crippen molar-refractivity contribution in [3.05, 3.63) is 94.3 Å². The molecule has 5 aliphatic rings. The van der Waals surface area contributed by atoms with Crippen LogP contribution in [0.25, 0.3) is 16.5 Å². The molecule has 1 aromatic heterocycles. The number of piperidine rings is 1. The van der Waals surface area contributed by atoms with E-state index in [2.05, 4.69) is 29.0 Å². The number of aromatic hydroxyl groups is 2. The number of phenolic OH excluding ortho intramolecular Hbond substituents is 2. The lowest BCUT2D eigenvalue weighted by atomic mass is 9.80. The van der Waals surface area contributed by atoms with Crippen LogP contribution >= 0.6 is 0 Å². The minimum Gasteiger partial charge on any atom is -0.507 e. The number of nitrogens with two attached hydrogens (primary N) is 2. The summed E-state index contributed by atoms with van der Waals surface area (Å²) in [7, 11) is 0. The molecule has 0 aliphatic carbocycles. The number of aromatic nitrogens is 1. The quantitative estimate of drug-likeness (QED) is 0.0724. The largest absolute Gasteiger partial charge is 0.507 e. The number of nitrogens with zero attached hydrogens (tertiary/aromatic N) is 5. The van der Waals surface area contributed by atoms with Crippen molar-refractivity contribution < 1.29 is 43.9 Å². The number of fused-ring (bicyclic) bond motifs is 13. The lowest BCUT2D eigenvalue weighted by Gasteiger charge is -2.36. The number of aliphatic hydroxyl groups is 1. The minimum atomic E-state index is -1.92. The van der Waals surface area contributed by atoms with Crippen molar-refractivity contribution in [1.82, 2.24) is 14.9 Å².